The Balaban J connectivity index is 1.37. The first kappa shape index (κ1) is 20.8. The molecule has 1 amide bonds. The van der Waals surface area contributed by atoms with Crippen molar-refractivity contribution in [3.8, 4) is 0 Å². The van der Waals surface area contributed by atoms with Crippen LogP contribution in [0.15, 0.2) is 54.6 Å². The summed E-state index contributed by atoms with van der Waals surface area (Å²) in [4.78, 5) is 25.7. The first-order valence-electron chi connectivity index (χ1n) is 10.4. The second-order valence-corrected chi connectivity index (χ2v) is 7.82. The van der Waals surface area contributed by atoms with E-state index in [-0.39, 0.29) is 18.1 Å². The summed E-state index contributed by atoms with van der Waals surface area (Å²) in [6.45, 7) is 6.60. The van der Waals surface area contributed by atoms with Crippen LogP contribution >= 0.6 is 0 Å². The fraction of sp³-hybridized carbons (Fsp3) is 0.292. The van der Waals surface area contributed by atoms with Crippen molar-refractivity contribution in [3.05, 3.63) is 77.4 Å². The Kier molecular flexibility index (Phi) is 6.11. The van der Waals surface area contributed by atoms with Crippen LogP contribution in [-0.2, 0) is 11.2 Å². The van der Waals surface area contributed by atoms with Gasteiger partial charge >= 0.3 is 0 Å². The first-order chi connectivity index (χ1) is 15.0. The molecule has 1 saturated heterocycles. The van der Waals surface area contributed by atoms with Crippen molar-refractivity contribution >= 4 is 23.2 Å². The van der Waals surface area contributed by atoms with E-state index in [4.69, 9.17) is 0 Å². The second kappa shape index (κ2) is 9.12. The number of nitrogens with one attached hydrogen (secondary N) is 1. The normalized spacial score (nSPS) is 13.9. The summed E-state index contributed by atoms with van der Waals surface area (Å²) < 4.78 is 13.1. The Morgan fingerprint density at radius 1 is 0.968 bits per heavy atom. The van der Waals surface area contributed by atoms with Crippen LogP contribution in [0.25, 0.3) is 0 Å². The maximum atomic E-state index is 13.1. The number of hydrogen-bond donors (Lipinski definition) is 1. The summed E-state index contributed by atoms with van der Waals surface area (Å²) >= 11 is 0. The zero-order valence-electron chi connectivity index (χ0n) is 17.8. The van der Waals surface area contributed by atoms with Gasteiger partial charge in [0.2, 0.25) is 5.91 Å². The highest BCUT2D eigenvalue weighted by atomic mass is 19.1. The molecular formula is C24H26FN5O. The molecule has 2 heterocycles. The predicted molar refractivity (Wildman–Crippen MR) is 120 cm³/mol. The van der Waals surface area contributed by atoms with E-state index in [9.17, 15) is 9.18 Å². The predicted octanol–water partition coefficient (Wildman–Crippen LogP) is 3.87. The molecule has 4 rings (SSSR count). The van der Waals surface area contributed by atoms with Crippen molar-refractivity contribution in [2.24, 2.45) is 0 Å². The van der Waals surface area contributed by atoms with E-state index in [0.717, 1.165) is 22.9 Å². The van der Waals surface area contributed by atoms with Crippen LogP contribution < -0.4 is 10.2 Å². The highest BCUT2D eigenvalue weighted by Crippen LogP contribution is 2.21. The fourth-order valence-corrected chi connectivity index (χ4v) is 3.64. The summed E-state index contributed by atoms with van der Waals surface area (Å²) in [6, 6.07) is 16.2. The second-order valence-electron chi connectivity index (χ2n) is 7.82. The number of aryl methyl sites for hydroxylation is 2. The fourth-order valence-electron chi connectivity index (χ4n) is 3.64. The standard InChI is InChI=1S/C24H26FN5O/c1-17-3-9-21(10-4-17)28-22-16-23(27-18(2)26-22)29-11-13-30(14-12-29)24(31)15-19-5-7-20(25)8-6-19/h3-10,16H,11-15H2,1-2H3,(H,26,27,28). The number of rotatable bonds is 5. The van der Waals surface area contributed by atoms with Gasteiger partial charge in [-0.15, -0.1) is 0 Å². The lowest BCUT2D eigenvalue weighted by Crippen LogP contribution is -2.49. The van der Waals surface area contributed by atoms with Gasteiger partial charge in [0, 0.05) is 37.9 Å². The monoisotopic (exact) mass is 419 g/mol. The van der Waals surface area contributed by atoms with Crippen LogP contribution in [0, 0.1) is 19.7 Å². The molecule has 1 aromatic heterocycles. The molecule has 3 aromatic rings. The van der Waals surface area contributed by atoms with Gasteiger partial charge in [-0.05, 0) is 43.7 Å². The maximum Gasteiger partial charge on any atom is 0.227 e. The van der Waals surface area contributed by atoms with Crippen LogP contribution in [0.2, 0.25) is 0 Å². The van der Waals surface area contributed by atoms with E-state index < -0.39 is 0 Å². The van der Waals surface area contributed by atoms with Gasteiger partial charge in [-0.3, -0.25) is 4.79 Å². The van der Waals surface area contributed by atoms with Crippen molar-refractivity contribution in [1.82, 2.24) is 14.9 Å². The molecule has 160 valence electrons. The smallest absolute Gasteiger partial charge is 0.227 e. The highest BCUT2D eigenvalue weighted by molar-refractivity contribution is 5.79. The van der Waals surface area contributed by atoms with Crippen molar-refractivity contribution in [2.45, 2.75) is 20.3 Å². The van der Waals surface area contributed by atoms with Gasteiger partial charge in [0.1, 0.15) is 23.3 Å². The number of carbonyl (C=O) groups excluding carboxylic acids is 1. The van der Waals surface area contributed by atoms with Crippen LogP contribution in [-0.4, -0.2) is 47.0 Å². The Morgan fingerprint density at radius 3 is 2.32 bits per heavy atom. The largest absolute Gasteiger partial charge is 0.353 e. The number of piperazine rings is 1. The molecule has 0 bridgehead atoms. The number of halogens is 1. The summed E-state index contributed by atoms with van der Waals surface area (Å²) in [5, 5.41) is 3.34. The van der Waals surface area contributed by atoms with E-state index >= 15 is 0 Å². The zero-order chi connectivity index (χ0) is 21.8. The number of anilines is 3. The molecule has 6 nitrogen and oxygen atoms in total. The van der Waals surface area contributed by atoms with Crippen LogP contribution in [0.4, 0.5) is 21.7 Å². The quantitative estimate of drug-likeness (QED) is 0.680. The molecule has 1 fully saturated rings. The van der Waals surface area contributed by atoms with Crippen LogP contribution in [0.3, 0.4) is 0 Å². The molecule has 0 spiro atoms. The van der Waals surface area contributed by atoms with Crippen LogP contribution in [0.5, 0.6) is 0 Å². The van der Waals surface area contributed by atoms with Crippen molar-refractivity contribution in [3.63, 3.8) is 0 Å². The number of hydrogen-bond acceptors (Lipinski definition) is 5. The minimum Gasteiger partial charge on any atom is -0.353 e. The van der Waals surface area contributed by atoms with E-state index in [2.05, 4.69) is 39.2 Å². The third-order valence-electron chi connectivity index (χ3n) is 5.37. The molecule has 0 saturated carbocycles. The van der Waals surface area contributed by atoms with Gasteiger partial charge in [-0.1, -0.05) is 29.8 Å². The van der Waals surface area contributed by atoms with Gasteiger partial charge < -0.3 is 15.1 Å². The Bertz CT molecular complexity index is 1040. The number of carbonyl (C=O) groups is 1. The third-order valence-corrected chi connectivity index (χ3v) is 5.37. The molecule has 1 aliphatic rings. The molecule has 0 unspecified atom stereocenters. The van der Waals surface area contributed by atoms with Gasteiger partial charge in [0.15, 0.2) is 0 Å². The maximum absolute atomic E-state index is 13.1. The van der Waals surface area contributed by atoms with Crippen LogP contribution in [0.1, 0.15) is 17.0 Å². The van der Waals surface area contributed by atoms with E-state index in [1.54, 1.807) is 12.1 Å². The lowest BCUT2D eigenvalue weighted by molar-refractivity contribution is -0.130. The molecule has 1 aliphatic heterocycles. The van der Waals surface area contributed by atoms with E-state index in [0.29, 0.717) is 32.0 Å². The van der Waals surface area contributed by atoms with Crippen molar-refractivity contribution in [2.75, 3.05) is 36.4 Å². The van der Waals surface area contributed by atoms with Gasteiger partial charge in [-0.2, -0.15) is 0 Å². The summed E-state index contributed by atoms with van der Waals surface area (Å²) in [5.41, 5.74) is 3.01. The molecule has 7 heteroatoms. The van der Waals surface area contributed by atoms with Gasteiger partial charge in [0.25, 0.3) is 0 Å². The molecule has 31 heavy (non-hydrogen) atoms. The number of benzene rings is 2. The minimum atomic E-state index is -0.291. The lowest BCUT2D eigenvalue weighted by atomic mass is 10.1. The summed E-state index contributed by atoms with van der Waals surface area (Å²) in [5.74, 6) is 2.07. The van der Waals surface area contributed by atoms with E-state index in [1.165, 1.54) is 17.7 Å². The van der Waals surface area contributed by atoms with Crippen molar-refractivity contribution in [1.29, 1.82) is 0 Å². The minimum absolute atomic E-state index is 0.0619. The lowest BCUT2D eigenvalue weighted by Gasteiger charge is -2.35. The molecular weight excluding hydrogens is 393 g/mol. The average molecular weight is 420 g/mol. The Morgan fingerprint density at radius 2 is 1.65 bits per heavy atom. The number of nitrogens with zero attached hydrogens (tertiary/aromatic N) is 4. The first-order valence-corrected chi connectivity index (χ1v) is 10.4. The Hall–Kier alpha value is -3.48. The SMILES string of the molecule is Cc1ccc(Nc2cc(N3CCN(C(=O)Cc4ccc(F)cc4)CC3)nc(C)n2)cc1. The molecule has 1 N–H and O–H groups in total. The number of aromatic nitrogens is 2. The van der Waals surface area contributed by atoms with Crippen molar-refractivity contribution < 1.29 is 9.18 Å². The topological polar surface area (TPSA) is 61.4 Å². The molecule has 0 aliphatic carbocycles. The third kappa shape index (κ3) is 5.36. The summed E-state index contributed by atoms with van der Waals surface area (Å²) in [7, 11) is 0. The average Bonchev–Trinajstić information content (AvgIpc) is 2.77. The molecule has 2 aromatic carbocycles. The van der Waals surface area contributed by atoms with E-state index in [1.807, 2.05) is 30.0 Å². The number of amides is 1. The Labute approximate surface area is 181 Å². The summed E-state index contributed by atoms with van der Waals surface area (Å²) in [6.07, 6.45) is 0.289. The van der Waals surface area contributed by atoms with Gasteiger partial charge in [-0.25, -0.2) is 14.4 Å². The zero-order valence-corrected chi connectivity index (χ0v) is 17.8. The molecule has 0 atom stereocenters. The van der Waals surface area contributed by atoms with Gasteiger partial charge in [0.05, 0.1) is 6.42 Å². The molecule has 0 radical (unpaired) electrons. The highest BCUT2D eigenvalue weighted by Gasteiger charge is 2.22.